The minimum atomic E-state index is 0.623. The summed E-state index contributed by atoms with van der Waals surface area (Å²) in [6.45, 7) is 10.2. The van der Waals surface area contributed by atoms with E-state index in [0.717, 1.165) is 51.5 Å². The van der Waals surface area contributed by atoms with Crippen LogP contribution in [0.3, 0.4) is 0 Å². The highest BCUT2D eigenvalue weighted by Crippen LogP contribution is 2.25. The highest BCUT2D eigenvalue weighted by atomic mass is 16.5. The van der Waals surface area contributed by atoms with Gasteiger partial charge in [-0.25, -0.2) is 4.98 Å². The van der Waals surface area contributed by atoms with Crippen LogP contribution in [0.15, 0.2) is 6.33 Å². The summed E-state index contributed by atoms with van der Waals surface area (Å²) in [6, 6.07) is 0.623. The first-order valence-electron chi connectivity index (χ1n) is 8.04. The summed E-state index contributed by atoms with van der Waals surface area (Å²) in [5.74, 6) is 1.87. The smallest absolute Gasteiger partial charge is 0.254 e. The number of aryl methyl sites for hydroxylation is 1. The Morgan fingerprint density at radius 2 is 2.00 bits per heavy atom. The van der Waals surface area contributed by atoms with Crippen molar-refractivity contribution in [3.05, 3.63) is 17.6 Å². The molecule has 2 saturated heterocycles. The Morgan fingerprint density at radius 1 is 1.23 bits per heavy atom. The van der Waals surface area contributed by atoms with E-state index in [1.165, 1.54) is 11.4 Å². The average Bonchev–Trinajstić information content (AvgIpc) is 2.92. The molecule has 2 aliphatic rings. The average molecular weight is 302 g/mol. The standard InChI is InChI=1S/C15H22N6O/c1-3-13-11(2)18-15-16-10-17-21(15)14(13)20-6-4-19(5-7-20)12-8-22-9-12/h10,12H,3-9H2,1-2H3. The zero-order valence-corrected chi connectivity index (χ0v) is 13.2. The molecule has 0 bridgehead atoms. The van der Waals surface area contributed by atoms with E-state index in [0.29, 0.717) is 11.8 Å². The summed E-state index contributed by atoms with van der Waals surface area (Å²) >= 11 is 0. The van der Waals surface area contributed by atoms with Gasteiger partial charge in [0.25, 0.3) is 5.78 Å². The molecule has 2 aliphatic heterocycles. The van der Waals surface area contributed by atoms with E-state index < -0.39 is 0 Å². The quantitative estimate of drug-likeness (QED) is 0.824. The maximum atomic E-state index is 5.31. The van der Waals surface area contributed by atoms with Gasteiger partial charge in [-0.1, -0.05) is 6.92 Å². The highest BCUT2D eigenvalue weighted by molar-refractivity contribution is 5.55. The molecule has 0 saturated carbocycles. The van der Waals surface area contributed by atoms with Crippen molar-refractivity contribution in [3.63, 3.8) is 0 Å². The number of nitrogens with zero attached hydrogens (tertiary/aromatic N) is 6. The Bertz CT molecular complexity index is 672. The second-order valence-corrected chi connectivity index (χ2v) is 6.04. The van der Waals surface area contributed by atoms with Gasteiger partial charge in [0.15, 0.2) is 0 Å². The molecule has 4 heterocycles. The number of anilines is 1. The molecular formula is C15H22N6O. The predicted molar refractivity (Wildman–Crippen MR) is 83.3 cm³/mol. The SMILES string of the molecule is CCc1c(C)nc2ncnn2c1N1CCN(C2COC2)CC1. The molecule has 7 nitrogen and oxygen atoms in total. The van der Waals surface area contributed by atoms with Gasteiger partial charge in [-0.05, 0) is 13.3 Å². The lowest BCUT2D eigenvalue weighted by Gasteiger charge is -2.43. The van der Waals surface area contributed by atoms with Crippen LogP contribution >= 0.6 is 0 Å². The summed E-state index contributed by atoms with van der Waals surface area (Å²) < 4.78 is 7.21. The Kier molecular flexibility index (Phi) is 3.46. The molecule has 0 aliphatic carbocycles. The third-order valence-electron chi connectivity index (χ3n) is 4.81. The van der Waals surface area contributed by atoms with Crippen molar-refractivity contribution in [3.8, 4) is 0 Å². The minimum Gasteiger partial charge on any atom is -0.378 e. The predicted octanol–water partition coefficient (Wildman–Crippen LogP) is 0.516. The number of rotatable bonds is 3. The first-order valence-corrected chi connectivity index (χ1v) is 8.04. The Hall–Kier alpha value is -1.73. The number of fused-ring (bicyclic) bond motifs is 1. The van der Waals surface area contributed by atoms with Crippen molar-refractivity contribution in [2.45, 2.75) is 26.3 Å². The van der Waals surface area contributed by atoms with Crippen LogP contribution in [-0.4, -0.2) is 69.9 Å². The van der Waals surface area contributed by atoms with Gasteiger partial charge >= 0.3 is 0 Å². The highest BCUT2D eigenvalue weighted by Gasteiger charge is 2.30. The lowest BCUT2D eigenvalue weighted by atomic mass is 10.1. The van der Waals surface area contributed by atoms with Crippen LogP contribution < -0.4 is 4.90 Å². The van der Waals surface area contributed by atoms with Crippen molar-refractivity contribution in [1.82, 2.24) is 24.5 Å². The molecule has 0 radical (unpaired) electrons. The first-order chi connectivity index (χ1) is 10.8. The molecule has 0 spiro atoms. The second kappa shape index (κ2) is 5.48. The normalized spacial score (nSPS) is 20.5. The maximum Gasteiger partial charge on any atom is 0.254 e. The van der Waals surface area contributed by atoms with E-state index in [-0.39, 0.29) is 0 Å². The number of hydrogen-bond donors (Lipinski definition) is 0. The topological polar surface area (TPSA) is 58.8 Å². The second-order valence-electron chi connectivity index (χ2n) is 6.04. The van der Waals surface area contributed by atoms with E-state index in [1.54, 1.807) is 6.33 Å². The molecular weight excluding hydrogens is 280 g/mol. The van der Waals surface area contributed by atoms with Crippen molar-refractivity contribution in [1.29, 1.82) is 0 Å². The Labute approximate surface area is 129 Å². The van der Waals surface area contributed by atoms with Crippen molar-refractivity contribution >= 4 is 11.6 Å². The van der Waals surface area contributed by atoms with E-state index >= 15 is 0 Å². The van der Waals surface area contributed by atoms with Crippen LogP contribution in [0.4, 0.5) is 5.82 Å². The molecule has 7 heteroatoms. The molecule has 0 aromatic carbocycles. The molecule has 2 aromatic heterocycles. The third kappa shape index (κ3) is 2.16. The Balaban J connectivity index is 1.64. The molecule has 2 fully saturated rings. The molecule has 0 amide bonds. The van der Waals surface area contributed by atoms with E-state index in [9.17, 15) is 0 Å². The summed E-state index contributed by atoms with van der Waals surface area (Å²) in [5.41, 5.74) is 2.34. The molecule has 118 valence electrons. The largest absolute Gasteiger partial charge is 0.378 e. The van der Waals surface area contributed by atoms with Gasteiger partial charge in [0.05, 0.1) is 19.3 Å². The molecule has 22 heavy (non-hydrogen) atoms. The Morgan fingerprint density at radius 3 is 2.64 bits per heavy atom. The van der Waals surface area contributed by atoms with Gasteiger partial charge in [-0.2, -0.15) is 14.6 Å². The van der Waals surface area contributed by atoms with Crippen molar-refractivity contribution in [2.24, 2.45) is 0 Å². The van der Waals surface area contributed by atoms with Gasteiger partial charge in [-0.15, -0.1) is 0 Å². The van der Waals surface area contributed by atoms with E-state index in [1.807, 2.05) is 4.52 Å². The van der Waals surface area contributed by atoms with Gasteiger partial charge in [-0.3, -0.25) is 4.90 Å². The van der Waals surface area contributed by atoms with Crippen LogP contribution in [0.2, 0.25) is 0 Å². The van der Waals surface area contributed by atoms with E-state index in [4.69, 9.17) is 4.74 Å². The van der Waals surface area contributed by atoms with Crippen molar-refractivity contribution < 1.29 is 4.74 Å². The number of ether oxygens (including phenoxy) is 1. The molecule has 0 N–H and O–H groups in total. The van der Waals surface area contributed by atoms with E-state index in [2.05, 4.69) is 38.7 Å². The zero-order valence-electron chi connectivity index (χ0n) is 13.2. The monoisotopic (exact) mass is 302 g/mol. The lowest BCUT2D eigenvalue weighted by molar-refractivity contribution is -0.0661. The van der Waals surface area contributed by atoms with Gasteiger partial charge in [0.1, 0.15) is 12.1 Å². The molecule has 0 unspecified atom stereocenters. The summed E-state index contributed by atoms with van der Waals surface area (Å²) in [5, 5.41) is 4.39. The molecule has 0 atom stereocenters. The fourth-order valence-corrected chi connectivity index (χ4v) is 3.44. The fraction of sp³-hybridized carbons (Fsp3) is 0.667. The van der Waals surface area contributed by atoms with Crippen molar-refractivity contribution in [2.75, 3.05) is 44.3 Å². The maximum absolute atomic E-state index is 5.31. The number of piperazine rings is 1. The molecule has 4 rings (SSSR count). The van der Waals surface area contributed by atoms with Crippen LogP contribution in [0.25, 0.3) is 5.78 Å². The van der Waals surface area contributed by atoms with Crippen LogP contribution in [0, 0.1) is 6.92 Å². The first kappa shape index (κ1) is 13.9. The summed E-state index contributed by atoms with van der Waals surface area (Å²) in [4.78, 5) is 13.8. The third-order valence-corrected chi connectivity index (χ3v) is 4.81. The fourth-order valence-electron chi connectivity index (χ4n) is 3.44. The summed E-state index contributed by atoms with van der Waals surface area (Å²) in [6.07, 6.45) is 2.55. The van der Waals surface area contributed by atoms with Crippen LogP contribution in [-0.2, 0) is 11.2 Å². The number of aromatic nitrogens is 4. The van der Waals surface area contributed by atoms with Crippen LogP contribution in [0.1, 0.15) is 18.2 Å². The van der Waals surface area contributed by atoms with Crippen LogP contribution in [0.5, 0.6) is 0 Å². The van der Waals surface area contributed by atoms with Gasteiger partial charge in [0.2, 0.25) is 0 Å². The van der Waals surface area contributed by atoms with Gasteiger partial charge < -0.3 is 9.64 Å². The summed E-state index contributed by atoms with van der Waals surface area (Å²) in [7, 11) is 0. The number of hydrogen-bond acceptors (Lipinski definition) is 6. The lowest BCUT2D eigenvalue weighted by Crippen LogP contribution is -2.57. The minimum absolute atomic E-state index is 0.623. The van der Waals surface area contributed by atoms with Gasteiger partial charge in [0, 0.05) is 37.4 Å². The zero-order chi connectivity index (χ0) is 15.1. The molecule has 2 aromatic rings.